The first-order chi connectivity index (χ1) is 15.2. The Labute approximate surface area is 199 Å². The van der Waals surface area contributed by atoms with Crippen molar-refractivity contribution in [3.8, 4) is 0 Å². The molecule has 0 radical (unpaired) electrons. The molecule has 7 nitrogen and oxygen atoms in total. The van der Waals surface area contributed by atoms with Crippen molar-refractivity contribution >= 4 is 17.7 Å². The number of hydrogen-bond acceptors (Lipinski definition) is 4. The van der Waals surface area contributed by atoms with Crippen LogP contribution >= 0.6 is 0 Å². The third-order valence-corrected chi connectivity index (χ3v) is 7.08. The fourth-order valence-electron chi connectivity index (χ4n) is 6.11. The van der Waals surface area contributed by atoms with Crippen LogP contribution in [0, 0.1) is 35.0 Å². The van der Waals surface area contributed by atoms with Crippen LogP contribution in [-0.2, 0) is 14.4 Å². The van der Waals surface area contributed by atoms with E-state index in [1.54, 1.807) is 11.9 Å². The van der Waals surface area contributed by atoms with Gasteiger partial charge in [0, 0.05) is 18.5 Å². The molecule has 0 bridgehead atoms. The Balaban J connectivity index is 2.54. The molecule has 1 aliphatic heterocycles. The second kappa shape index (κ2) is 10.2. The number of aliphatic hydroxyl groups is 1. The second-order valence-electron chi connectivity index (χ2n) is 12.0. The van der Waals surface area contributed by atoms with E-state index in [0.29, 0.717) is 0 Å². The third kappa shape index (κ3) is 5.79. The van der Waals surface area contributed by atoms with Crippen molar-refractivity contribution in [2.75, 3.05) is 13.7 Å². The molecule has 7 heteroatoms. The minimum Gasteiger partial charge on any atom is -0.394 e. The van der Waals surface area contributed by atoms with Crippen molar-refractivity contribution in [3.05, 3.63) is 12.2 Å². The van der Waals surface area contributed by atoms with Crippen LogP contribution < -0.4 is 10.6 Å². The monoisotopic (exact) mass is 463 g/mol. The van der Waals surface area contributed by atoms with Gasteiger partial charge in [0.25, 0.3) is 0 Å². The minimum atomic E-state index is -0.762. The van der Waals surface area contributed by atoms with Gasteiger partial charge in [0.2, 0.25) is 17.7 Å². The zero-order valence-electron chi connectivity index (χ0n) is 21.9. The van der Waals surface area contributed by atoms with Gasteiger partial charge in [-0.1, -0.05) is 53.7 Å². The van der Waals surface area contributed by atoms with Gasteiger partial charge in [-0.3, -0.25) is 14.4 Å². The van der Waals surface area contributed by atoms with E-state index in [4.69, 9.17) is 0 Å². The van der Waals surface area contributed by atoms with Gasteiger partial charge in [-0.25, -0.2) is 0 Å². The molecule has 0 aromatic heterocycles. The second-order valence-corrected chi connectivity index (χ2v) is 12.0. The number of rotatable bonds is 8. The normalized spacial score (nSPS) is 28.6. The van der Waals surface area contributed by atoms with Crippen LogP contribution in [0.2, 0.25) is 0 Å². The molecule has 33 heavy (non-hydrogen) atoms. The fourth-order valence-corrected chi connectivity index (χ4v) is 6.11. The molecule has 2 rings (SSSR count). The Hall–Kier alpha value is -1.89. The first kappa shape index (κ1) is 27.4. The molecule has 1 saturated heterocycles. The molecule has 0 unspecified atom stereocenters. The molecule has 6 atom stereocenters. The van der Waals surface area contributed by atoms with Gasteiger partial charge in [-0.2, -0.15) is 0 Å². The maximum Gasteiger partial charge on any atom is 0.243 e. The molecule has 188 valence electrons. The summed E-state index contributed by atoms with van der Waals surface area (Å²) >= 11 is 0. The molecule has 3 N–H and O–H groups in total. The van der Waals surface area contributed by atoms with Crippen molar-refractivity contribution in [1.82, 2.24) is 15.5 Å². The van der Waals surface area contributed by atoms with E-state index in [-0.39, 0.29) is 41.6 Å². The highest BCUT2D eigenvalue weighted by molar-refractivity contribution is 5.97. The molecule has 0 spiro atoms. The third-order valence-electron chi connectivity index (χ3n) is 7.08. The van der Waals surface area contributed by atoms with E-state index in [0.717, 1.165) is 12.8 Å². The Morgan fingerprint density at radius 2 is 1.73 bits per heavy atom. The number of nitrogens with one attached hydrogen (secondary N) is 2. The van der Waals surface area contributed by atoms with Crippen LogP contribution in [0.1, 0.15) is 68.2 Å². The minimum absolute atomic E-state index is 0.0134. The zero-order chi connectivity index (χ0) is 25.3. The maximum atomic E-state index is 13.9. The van der Waals surface area contributed by atoms with E-state index in [2.05, 4.69) is 31.4 Å². The lowest BCUT2D eigenvalue weighted by molar-refractivity contribution is -0.144. The smallest absolute Gasteiger partial charge is 0.243 e. The van der Waals surface area contributed by atoms with Crippen LogP contribution in [0.3, 0.4) is 0 Å². The van der Waals surface area contributed by atoms with Crippen molar-refractivity contribution < 1.29 is 19.5 Å². The molecular formula is C26H45N3O4. The van der Waals surface area contributed by atoms with E-state index in [9.17, 15) is 19.5 Å². The van der Waals surface area contributed by atoms with Gasteiger partial charge in [-0.15, -0.1) is 0 Å². The number of likely N-dealkylation sites (tertiary alicyclic amines) is 1. The summed E-state index contributed by atoms with van der Waals surface area (Å²) in [5.74, 6) is -2.28. The Kier molecular flexibility index (Phi) is 8.42. The lowest BCUT2D eigenvalue weighted by Gasteiger charge is -2.39. The Morgan fingerprint density at radius 1 is 1.12 bits per heavy atom. The summed E-state index contributed by atoms with van der Waals surface area (Å²) in [6.07, 6.45) is 5.46. The SMILES string of the molecule is CC[C@@H]1C=C[C@H]2[C@@H](C(=O)N([C@@H](CO)C(C)C)[C@@H]2C(=O)NC(C)(C)CC(C)(C)C)[C@@H]1C(=O)NC. The topological polar surface area (TPSA) is 98.7 Å². The van der Waals surface area contributed by atoms with Gasteiger partial charge in [0.1, 0.15) is 6.04 Å². The van der Waals surface area contributed by atoms with E-state index < -0.39 is 35.4 Å². The Morgan fingerprint density at radius 3 is 2.18 bits per heavy atom. The average Bonchev–Trinajstić information content (AvgIpc) is 2.97. The standard InChI is InChI=1S/C26H45N3O4/c1-10-16-11-12-17-20(19(16)22(31)27-9)24(33)29(18(13-30)15(2)3)21(17)23(32)28-26(7,8)14-25(4,5)6/h11-12,15-21,30H,10,13-14H2,1-9H3,(H,27,31)(H,28,32)/t16-,17+,18+,19-,20-,21+/m1/s1. The van der Waals surface area contributed by atoms with Crippen molar-refractivity contribution in [1.29, 1.82) is 0 Å². The molecule has 1 heterocycles. The number of carbonyl (C=O) groups is 3. The first-order valence-electron chi connectivity index (χ1n) is 12.3. The van der Waals surface area contributed by atoms with Crippen molar-refractivity contribution in [2.45, 2.75) is 85.9 Å². The van der Waals surface area contributed by atoms with Gasteiger partial charge < -0.3 is 20.6 Å². The number of carbonyl (C=O) groups excluding carboxylic acids is 3. The van der Waals surface area contributed by atoms with E-state index >= 15 is 0 Å². The van der Waals surface area contributed by atoms with Gasteiger partial charge in [0.15, 0.2) is 0 Å². The summed E-state index contributed by atoms with van der Waals surface area (Å²) in [4.78, 5) is 42.1. The van der Waals surface area contributed by atoms with Gasteiger partial charge in [-0.05, 0) is 43.9 Å². The molecule has 1 fully saturated rings. The predicted octanol–water partition coefficient (Wildman–Crippen LogP) is 2.74. The van der Waals surface area contributed by atoms with Gasteiger partial charge in [0.05, 0.1) is 24.5 Å². The number of nitrogens with zero attached hydrogens (tertiary/aromatic N) is 1. The van der Waals surface area contributed by atoms with Crippen LogP contribution in [0.5, 0.6) is 0 Å². The highest BCUT2D eigenvalue weighted by Crippen LogP contribution is 2.46. The number of aliphatic hydroxyl groups excluding tert-OH is 1. The summed E-state index contributed by atoms with van der Waals surface area (Å²) in [7, 11) is 1.59. The average molecular weight is 464 g/mol. The molecule has 0 aromatic carbocycles. The molecule has 2 aliphatic rings. The molecule has 0 aromatic rings. The van der Waals surface area contributed by atoms with Crippen LogP contribution in [-0.4, -0.2) is 59.0 Å². The van der Waals surface area contributed by atoms with Crippen molar-refractivity contribution in [2.24, 2.45) is 35.0 Å². The molecular weight excluding hydrogens is 418 g/mol. The Bertz CT molecular complexity index is 768. The number of allylic oxidation sites excluding steroid dienone is 1. The van der Waals surface area contributed by atoms with Gasteiger partial charge >= 0.3 is 0 Å². The summed E-state index contributed by atoms with van der Waals surface area (Å²) in [6, 6.07) is -1.26. The van der Waals surface area contributed by atoms with Crippen LogP contribution in [0.25, 0.3) is 0 Å². The summed E-state index contributed by atoms with van der Waals surface area (Å²) < 4.78 is 0. The zero-order valence-corrected chi connectivity index (χ0v) is 21.9. The quantitative estimate of drug-likeness (QED) is 0.482. The first-order valence-corrected chi connectivity index (χ1v) is 12.3. The summed E-state index contributed by atoms with van der Waals surface area (Å²) in [5, 5.41) is 16.1. The van der Waals surface area contributed by atoms with Crippen LogP contribution in [0.4, 0.5) is 0 Å². The number of amides is 3. The number of fused-ring (bicyclic) bond motifs is 1. The fraction of sp³-hybridized carbons (Fsp3) is 0.808. The molecule has 1 aliphatic carbocycles. The highest BCUT2D eigenvalue weighted by atomic mass is 16.3. The predicted molar refractivity (Wildman–Crippen MR) is 130 cm³/mol. The van der Waals surface area contributed by atoms with Crippen LogP contribution in [0.15, 0.2) is 12.2 Å². The van der Waals surface area contributed by atoms with E-state index in [1.807, 2.05) is 46.8 Å². The molecule has 3 amide bonds. The lowest BCUT2D eigenvalue weighted by atomic mass is 9.68. The summed E-state index contributed by atoms with van der Waals surface area (Å²) in [5.41, 5.74) is -0.460. The lowest BCUT2D eigenvalue weighted by Crippen LogP contribution is -2.57. The summed E-state index contributed by atoms with van der Waals surface area (Å²) in [6.45, 7) is 16.0. The molecule has 0 saturated carbocycles. The van der Waals surface area contributed by atoms with Crippen molar-refractivity contribution in [3.63, 3.8) is 0 Å². The highest BCUT2D eigenvalue weighted by Gasteiger charge is 2.58. The maximum absolute atomic E-state index is 13.9. The van der Waals surface area contributed by atoms with E-state index in [1.165, 1.54) is 0 Å². The largest absolute Gasteiger partial charge is 0.394 e. The number of hydrogen-bond donors (Lipinski definition) is 3.